The molecule has 0 spiro atoms. The summed E-state index contributed by atoms with van der Waals surface area (Å²) in [5, 5.41) is 11.8. The monoisotopic (exact) mass is 1000 g/mol. The van der Waals surface area contributed by atoms with Crippen LogP contribution < -0.4 is 0 Å². The van der Waals surface area contributed by atoms with E-state index < -0.39 is 41.6 Å². The zero-order valence-corrected chi connectivity index (χ0v) is 46.8. The Bertz CT molecular complexity index is 2050. The maximum absolute atomic E-state index is 13.8. The average Bonchev–Trinajstić information content (AvgIpc) is 3.29. The highest BCUT2D eigenvalue weighted by atomic mass is 28.4. The lowest BCUT2D eigenvalue weighted by Gasteiger charge is -2.42. The number of ketones is 1. The molecule has 0 radical (unpaired) electrons. The number of aliphatic hydroxyl groups is 1. The van der Waals surface area contributed by atoms with Crippen molar-refractivity contribution in [2.45, 2.75) is 218 Å². The summed E-state index contributed by atoms with van der Waals surface area (Å²) in [7, 11) is -3.93. The summed E-state index contributed by atoms with van der Waals surface area (Å²) in [4.78, 5) is 13.8. The van der Waals surface area contributed by atoms with Crippen molar-refractivity contribution in [3.63, 3.8) is 0 Å². The molecule has 70 heavy (non-hydrogen) atoms. The molecule has 3 saturated heterocycles. The predicted octanol–water partition coefficient (Wildman–Crippen LogP) is 13.7. The van der Waals surface area contributed by atoms with Gasteiger partial charge in [0.15, 0.2) is 35.5 Å². The second kappa shape index (κ2) is 24.9. The number of hydrogen-bond donors (Lipinski definition) is 1. The third-order valence-electron chi connectivity index (χ3n) is 15.4. The molecule has 0 bridgehead atoms. The number of rotatable bonds is 21. The zero-order chi connectivity index (χ0) is 50.9. The lowest BCUT2D eigenvalue weighted by atomic mass is 9.92. The van der Waals surface area contributed by atoms with Gasteiger partial charge in [-0.1, -0.05) is 165 Å². The number of hydrogen-bond acceptors (Lipinski definition) is 10. The van der Waals surface area contributed by atoms with E-state index in [1.54, 1.807) is 0 Å². The minimum Gasteiger partial charge on any atom is -0.417 e. The fourth-order valence-electron chi connectivity index (χ4n) is 9.22. The van der Waals surface area contributed by atoms with E-state index >= 15 is 0 Å². The quantitative estimate of drug-likeness (QED) is 0.0818. The number of benzene rings is 3. The molecule has 3 aliphatic heterocycles. The molecule has 6 rings (SSSR count). The summed E-state index contributed by atoms with van der Waals surface area (Å²) < 4.78 is 53.2. The molecule has 0 aromatic heterocycles. The van der Waals surface area contributed by atoms with Crippen molar-refractivity contribution >= 4 is 22.4 Å². The summed E-state index contributed by atoms with van der Waals surface area (Å²) >= 11 is 0. The fraction of sp³-hybridized carbons (Fsp3) is 0.638. The molecule has 12 heteroatoms. The molecule has 12 atom stereocenters. The van der Waals surface area contributed by atoms with Gasteiger partial charge in [0.05, 0.1) is 48.8 Å². The van der Waals surface area contributed by atoms with E-state index in [9.17, 15) is 9.90 Å². The largest absolute Gasteiger partial charge is 0.417 e. The van der Waals surface area contributed by atoms with E-state index in [2.05, 4.69) is 101 Å². The lowest BCUT2D eigenvalue weighted by molar-refractivity contribution is -0.275. The molecule has 10 nitrogen and oxygen atoms in total. The van der Waals surface area contributed by atoms with Gasteiger partial charge in [-0.2, -0.15) is 0 Å². The molecule has 1 N–H and O–H groups in total. The Morgan fingerprint density at radius 1 is 0.643 bits per heavy atom. The SMILES string of the molecule is CC(C)[C@H](O[Si](C)(C)C(C)(C)C)[C@@H](C)/C=C/[C@H]1C[C@@H](C[C@@H]2C[C@H](C[C@H](O)CC(=O)C[C@@H]3C[C@H](CCO[Si](C)(C)C(C)(C)C)O[C@H](c4ccccc4)O3)O[C@H](c3ccccc3)O2)O[C@@H](c2ccccc2)O1. The number of carbonyl (C=O) groups is 1. The highest BCUT2D eigenvalue weighted by molar-refractivity contribution is 6.74. The van der Waals surface area contributed by atoms with E-state index in [1.807, 2.05) is 91.0 Å². The van der Waals surface area contributed by atoms with Crippen LogP contribution in [-0.4, -0.2) is 83.0 Å². The molecule has 3 aliphatic rings. The van der Waals surface area contributed by atoms with Crippen LogP contribution in [0.3, 0.4) is 0 Å². The highest BCUT2D eigenvalue weighted by Crippen LogP contribution is 2.42. The first-order valence-electron chi connectivity index (χ1n) is 26.2. The molecule has 0 aliphatic carbocycles. The van der Waals surface area contributed by atoms with Crippen molar-refractivity contribution in [2.75, 3.05) is 6.61 Å². The zero-order valence-electron chi connectivity index (χ0n) is 44.8. The van der Waals surface area contributed by atoms with Gasteiger partial charge < -0.3 is 42.4 Å². The summed E-state index contributed by atoms with van der Waals surface area (Å²) in [6.07, 6.45) is 4.07. The van der Waals surface area contributed by atoms with Crippen molar-refractivity contribution in [3.05, 3.63) is 120 Å². The summed E-state index contributed by atoms with van der Waals surface area (Å²) in [6.45, 7) is 30.1. The maximum Gasteiger partial charge on any atom is 0.192 e. The van der Waals surface area contributed by atoms with Gasteiger partial charge in [-0.15, -0.1) is 0 Å². The number of carbonyl (C=O) groups excluding carboxylic acids is 1. The van der Waals surface area contributed by atoms with Crippen molar-refractivity contribution < 1.29 is 47.2 Å². The van der Waals surface area contributed by atoms with Gasteiger partial charge in [-0.25, -0.2) is 0 Å². The molecule has 0 saturated carbocycles. The van der Waals surface area contributed by atoms with Crippen LogP contribution in [0.15, 0.2) is 103 Å². The molecular weight excluding hydrogens is 913 g/mol. The van der Waals surface area contributed by atoms with Crippen molar-refractivity contribution in [3.8, 4) is 0 Å². The van der Waals surface area contributed by atoms with Crippen LogP contribution in [0, 0.1) is 11.8 Å². The Kier molecular flexibility index (Phi) is 20.1. The van der Waals surface area contributed by atoms with E-state index in [4.69, 9.17) is 37.3 Å². The standard InChI is InChI=1S/C58H88O10Si2/c1-40(2)53(68-70(12,13)58(7,8)9)41(3)29-30-47-36-51(66-54(62-47)42-23-17-14-18-24-42)39-52-38-50(65-56(67-52)44-27-21-16-22-28-44)35-46(60)33-45(59)34-49-37-48(31-32-61-69(10,11)57(4,5)6)63-55(64-49)43-25-19-15-20-26-43/h14-30,40-41,46-56,60H,31-39H2,1-13H3/b30-29+/t41-,46+,47-,48-,49+,50-,51-,52-,53-,54-,55-,56-/m0/s1. The van der Waals surface area contributed by atoms with Gasteiger partial charge in [0.25, 0.3) is 0 Å². The Hall–Kier alpha value is -2.86. The lowest BCUT2D eigenvalue weighted by Crippen LogP contribution is -2.46. The molecule has 3 fully saturated rings. The minimum absolute atomic E-state index is 0.00409. The Morgan fingerprint density at radius 3 is 1.61 bits per heavy atom. The van der Waals surface area contributed by atoms with Crippen LogP contribution in [0.1, 0.15) is 149 Å². The van der Waals surface area contributed by atoms with Crippen LogP contribution in [0.5, 0.6) is 0 Å². The highest BCUT2D eigenvalue weighted by Gasteiger charge is 2.42. The van der Waals surface area contributed by atoms with E-state index in [0.717, 1.165) is 16.7 Å². The van der Waals surface area contributed by atoms with Gasteiger partial charge in [-0.05, 0) is 54.5 Å². The van der Waals surface area contributed by atoms with Gasteiger partial charge in [-0.3, -0.25) is 4.79 Å². The second-order valence-electron chi connectivity index (χ2n) is 23.7. The molecule has 0 unspecified atom stereocenters. The Labute approximate surface area is 423 Å². The topological polar surface area (TPSA) is 111 Å². The molecular formula is C58H88O10Si2. The first kappa shape index (κ1) is 56.4. The third kappa shape index (κ3) is 16.3. The number of Topliss-reactive ketones (excluding diaryl/α,β-unsaturated/α-hetero) is 1. The first-order valence-corrected chi connectivity index (χ1v) is 32.1. The van der Waals surface area contributed by atoms with E-state index in [-0.39, 0.29) is 77.3 Å². The van der Waals surface area contributed by atoms with Crippen LogP contribution in [-0.2, 0) is 42.1 Å². The first-order chi connectivity index (χ1) is 33.0. The normalized spacial score (nSPS) is 27.6. The van der Waals surface area contributed by atoms with Crippen LogP contribution in [0.2, 0.25) is 36.3 Å². The molecule has 3 aromatic rings. The van der Waals surface area contributed by atoms with E-state index in [1.165, 1.54) is 0 Å². The number of ether oxygens (including phenoxy) is 6. The summed E-state index contributed by atoms with van der Waals surface area (Å²) in [5.74, 6) is 0.489. The van der Waals surface area contributed by atoms with Gasteiger partial charge in [0.1, 0.15) is 5.78 Å². The fourth-order valence-corrected chi connectivity index (χ4v) is 11.8. The van der Waals surface area contributed by atoms with Gasteiger partial charge in [0, 0.05) is 68.2 Å². The minimum atomic E-state index is -2.00. The predicted molar refractivity (Wildman–Crippen MR) is 283 cm³/mol. The molecule has 388 valence electrons. The van der Waals surface area contributed by atoms with E-state index in [0.29, 0.717) is 51.0 Å². The van der Waals surface area contributed by atoms with Gasteiger partial charge in [0.2, 0.25) is 0 Å². The molecule has 3 heterocycles. The van der Waals surface area contributed by atoms with Crippen molar-refractivity contribution in [1.29, 1.82) is 0 Å². The Morgan fingerprint density at radius 2 is 1.10 bits per heavy atom. The maximum atomic E-state index is 13.8. The smallest absolute Gasteiger partial charge is 0.192 e. The van der Waals surface area contributed by atoms with Gasteiger partial charge >= 0.3 is 0 Å². The molecule has 3 aromatic carbocycles. The third-order valence-corrected chi connectivity index (χ3v) is 24.4. The average molecular weight is 1000 g/mol. The van der Waals surface area contributed by atoms with Crippen LogP contribution in [0.4, 0.5) is 0 Å². The van der Waals surface area contributed by atoms with Crippen LogP contribution >= 0.6 is 0 Å². The van der Waals surface area contributed by atoms with Crippen LogP contribution in [0.25, 0.3) is 0 Å². The molecule has 0 amide bonds. The number of aliphatic hydroxyl groups excluding tert-OH is 1. The summed E-state index contributed by atoms with van der Waals surface area (Å²) in [5.41, 5.74) is 2.79. The Balaban J connectivity index is 1.11. The second-order valence-corrected chi connectivity index (χ2v) is 33.3. The summed E-state index contributed by atoms with van der Waals surface area (Å²) in [6, 6.07) is 30.0. The van der Waals surface area contributed by atoms with Crippen molar-refractivity contribution in [1.82, 2.24) is 0 Å². The van der Waals surface area contributed by atoms with Crippen molar-refractivity contribution in [2.24, 2.45) is 11.8 Å².